The second-order valence-corrected chi connectivity index (χ2v) is 15.1. The molecule has 3 aromatic rings. The summed E-state index contributed by atoms with van der Waals surface area (Å²) in [4.78, 5) is 0. The van der Waals surface area contributed by atoms with E-state index in [1.807, 2.05) is 18.2 Å². The van der Waals surface area contributed by atoms with Crippen molar-refractivity contribution >= 4 is 18.7 Å². The average Bonchev–Trinajstić information content (AvgIpc) is 3.51. The molecule has 2 heterocycles. The Balaban J connectivity index is 1.26. The van der Waals surface area contributed by atoms with Crippen molar-refractivity contribution in [2.24, 2.45) is 0 Å². The lowest BCUT2D eigenvalue weighted by atomic mass is 10.1. The van der Waals surface area contributed by atoms with Crippen molar-refractivity contribution in [3.05, 3.63) is 96.6 Å². The molecule has 3 aromatic carbocycles. The highest BCUT2D eigenvalue weighted by molar-refractivity contribution is 6.99. The Morgan fingerprint density at radius 1 is 0.703 bits per heavy atom. The second-order valence-electron chi connectivity index (χ2n) is 10.9. The summed E-state index contributed by atoms with van der Waals surface area (Å²) in [5, 5.41) is 2.43. The van der Waals surface area contributed by atoms with Gasteiger partial charge in [0.15, 0.2) is 0 Å². The molecule has 2 aliphatic rings. The molecule has 0 unspecified atom stereocenters. The van der Waals surface area contributed by atoms with Crippen LogP contribution in [0.1, 0.15) is 26.3 Å². The number of hydrogen-bond acceptors (Lipinski definition) is 5. The van der Waals surface area contributed by atoms with Crippen molar-refractivity contribution in [3.8, 4) is 0 Å². The predicted octanol–water partition coefficient (Wildman–Crippen LogP) is 4.33. The van der Waals surface area contributed by atoms with Crippen LogP contribution in [0.15, 0.2) is 91.0 Å². The van der Waals surface area contributed by atoms with Crippen molar-refractivity contribution in [2.45, 2.75) is 56.8 Å². The second kappa shape index (κ2) is 11.6. The molecule has 0 aromatic heterocycles. The van der Waals surface area contributed by atoms with E-state index in [1.54, 1.807) is 0 Å². The largest absolute Gasteiger partial charge is 0.399 e. The molecule has 2 fully saturated rings. The molecule has 5 rings (SSSR count). The lowest BCUT2D eigenvalue weighted by Crippen LogP contribution is -2.68. The highest BCUT2D eigenvalue weighted by Crippen LogP contribution is 2.40. The fourth-order valence-corrected chi connectivity index (χ4v) is 10.3. The quantitative estimate of drug-likeness (QED) is 0.295. The third kappa shape index (κ3) is 5.60. The van der Waals surface area contributed by atoms with Gasteiger partial charge in [-0.2, -0.15) is 0 Å². The Morgan fingerprint density at radius 2 is 1.22 bits per heavy atom. The summed E-state index contributed by atoms with van der Waals surface area (Å²) >= 11 is 0. The zero-order chi connectivity index (χ0) is 25.7. The monoisotopic (exact) mass is 518 g/mol. The lowest BCUT2D eigenvalue weighted by molar-refractivity contribution is -0.0543. The van der Waals surface area contributed by atoms with E-state index in [0.29, 0.717) is 33.0 Å². The molecule has 0 radical (unpaired) electrons. The first-order valence-corrected chi connectivity index (χ1v) is 15.2. The van der Waals surface area contributed by atoms with Crippen LogP contribution in [-0.4, -0.2) is 59.2 Å². The van der Waals surface area contributed by atoms with E-state index < -0.39 is 8.32 Å². The lowest BCUT2D eigenvalue weighted by Gasteiger charge is -2.45. The van der Waals surface area contributed by atoms with Gasteiger partial charge in [0.2, 0.25) is 0 Å². The van der Waals surface area contributed by atoms with Gasteiger partial charge in [0.25, 0.3) is 8.32 Å². The van der Waals surface area contributed by atoms with Gasteiger partial charge in [0, 0.05) is 0 Å². The average molecular weight is 519 g/mol. The van der Waals surface area contributed by atoms with Crippen molar-refractivity contribution in [1.29, 1.82) is 0 Å². The van der Waals surface area contributed by atoms with Crippen LogP contribution in [0.25, 0.3) is 0 Å². The fourth-order valence-electron chi connectivity index (χ4n) is 5.61. The van der Waals surface area contributed by atoms with Gasteiger partial charge >= 0.3 is 0 Å². The maximum atomic E-state index is 7.30. The van der Waals surface area contributed by atoms with Crippen LogP contribution < -0.4 is 10.4 Å². The van der Waals surface area contributed by atoms with E-state index in [2.05, 4.69) is 93.6 Å². The van der Waals surface area contributed by atoms with Gasteiger partial charge in [0.05, 0.1) is 39.1 Å². The summed E-state index contributed by atoms with van der Waals surface area (Å²) in [6, 6.07) is 31.6. The minimum absolute atomic E-state index is 0.0988. The Morgan fingerprint density at radius 3 is 1.78 bits per heavy atom. The SMILES string of the molecule is CC(C)(C)[Si](O[C@@H]1CO[C@H]2[C@@H]1OC[C@H]2OCCOCc1ccccc1)(c1ccccc1)c1ccccc1. The van der Waals surface area contributed by atoms with E-state index in [1.165, 1.54) is 10.4 Å². The van der Waals surface area contributed by atoms with Crippen LogP contribution in [0.4, 0.5) is 0 Å². The van der Waals surface area contributed by atoms with Gasteiger partial charge in [-0.25, -0.2) is 0 Å². The first-order valence-electron chi connectivity index (χ1n) is 13.2. The summed E-state index contributed by atoms with van der Waals surface area (Å²) in [5.74, 6) is 0. The molecular formula is C31H38O5Si. The molecule has 0 aliphatic carbocycles. The molecule has 2 saturated heterocycles. The molecule has 0 saturated carbocycles. The molecule has 0 bridgehead atoms. The maximum absolute atomic E-state index is 7.30. The zero-order valence-corrected chi connectivity index (χ0v) is 23.0. The van der Waals surface area contributed by atoms with E-state index in [4.69, 9.17) is 23.4 Å². The summed E-state index contributed by atoms with van der Waals surface area (Å²) in [6.07, 6.45) is -0.536. The van der Waals surface area contributed by atoms with Gasteiger partial charge < -0.3 is 23.4 Å². The van der Waals surface area contributed by atoms with E-state index in [-0.39, 0.29) is 29.5 Å². The molecule has 2 aliphatic heterocycles. The summed E-state index contributed by atoms with van der Waals surface area (Å²) in [6.45, 7) is 9.52. The maximum Gasteiger partial charge on any atom is 0.261 e. The molecule has 0 spiro atoms. The summed E-state index contributed by atoms with van der Waals surface area (Å²) in [5.41, 5.74) is 1.16. The Labute approximate surface area is 221 Å². The van der Waals surface area contributed by atoms with Crippen molar-refractivity contribution < 1.29 is 23.4 Å². The highest BCUT2D eigenvalue weighted by atomic mass is 28.4. The number of ether oxygens (including phenoxy) is 4. The molecule has 4 atom stereocenters. The number of benzene rings is 3. The van der Waals surface area contributed by atoms with Gasteiger partial charge in [0.1, 0.15) is 18.3 Å². The van der Waals surface area contributed by atoms with Crippen molar-refractivity contribution in [2.75, 3.05) is 26.4 Å². The van der Waals surface area contributed by atoms with Gasteiger partial charge in [-0.3, -0.25) is 0 Å². The smallest absolute Gasteiger partial charge is 0.261 e. The first-order chi connectivity index (χ1) is 18.0. The van der Waals surface area contributed by atoms with Gasteiger partial charge in [-0.05, 0) is 21.0 Å². The minimum Gasteiger partial charge on any atom is -0.399 e. The third-order valence-corrected chi connectivity index (χ3v) is 12.4. The fraction of sp³-hybridized carbons (Fsp3) is 0.419. The molecule has 6 heteroatoms. The van der Waals surface area contributed by atoms with Crippen molar-refractivity contribution in [3.63, 3.8) is 0 Å². The van der Waals surface area contributed by atoms with Gasteiger partial charge in [-0.1, -0.05) is 112 Å². The van der Waals surface area contributed by atoms with Gasteiger partial charge in [-0.15, -0.1) is 0 Å². The number of hydrogen-bond donors (Lipinski definition) is 0. The highest BCUT2D eigenvalue weighted by Gasteiger charge is 2.56. The minimum atomic E-state index is -2.69. The van der Waals surface area contributed by atoms with Crippen LogP contribution in [0, 0.1) is 0 Å². The van der Waals surface area contributed by atoms with Crippen LogP contribution in [0.2, 0.25) is 5.04 Å². The molecule has 37 heavy (non-hydrogen) atoms. The predicted molar refractivity (Wildman–Crippen MR) is 148 cm³/mol. The molecule has 0 amide bonds. The van der Waals surface area contributed by atoms with Crippen LogP contribution in [0.5, 0.6) is 0 Å². The molecule has 196 valence electrons. The van der Waals surface area contributed by atoms with Crippen LogP contribution in [-0.2, 0) is 30.0 Å². The standard InChI is InChI=1S/C31H38O5Si/c1-31(2,3)37(25-15-9-5-10-16-25,26-17-11-6-12-18-26)36-28-23-35-29-27(22-34-30(28)29)33-20-19-32-21-24-13-7-4-8-14-24/h4-18,27-30H,19-23H2,1-3H3/t27-,28-,29-,30-/m1/s1. The zero-order valence-electron chi connectivity index (χ0n) is 22.0. The Hall–Kier alpha value is -2.32. The topological polar surface area (TPSA) is 46.2 Å². The first kappa shape index (κ1) is 26.3. The molecule has 5 nitrogen and oxygen atoms in total. The number of fused-ring (bicyclic) bond motifs is 1. The van der Waals surface area contributed by atoms with E-state index in [9.17, 15) is 0 Å². The third-order valence-electron chi connectivity index (χ3n) is 7.38. The van der Waals surface area contributed by atoms with E-state index >= 15 is 0 Å². The van der Waals surface area contributed by atoms with Crippen molar-refractivity contribution in [1.82, 2.24) is 0 Å². The molecular weight excluding hydrogens is 480 g/mol. The Bertz CT molecular complexity index is 1060. The summed E-state index contributed by atoms with van der Waals surface area (Å²) in [7, 11) is -2.69. The van der Waals surface area contributed by atoms with Crippen LogP contribution >= 0.6 is 0 Å². The van der Waals surface area contributed by atoms with Crippen LogP contribution in [0.3, 0.4) is 0 Å². The Kier molecular flexibility index (Phi) is 8.24. The summed E-state index contributed by atoms with van der Waals surface area (Å²) < 4.78 is 31.8. The number of rotatable bonds is 10. The normalized spacial score (nSPS) is 23.8. The molecule has 0 N–H and O–H groups in total. The van der Waals surface area contributed by atoms with E-state index in [0.717, 1.165) is 5.56 Å².